The molecule has 0 atom stereocenters. The molecule has 4 heteroatoms. The molecule has 0 unspecified atom stereocenters. The number of nitrogens with one attached hydrogen (secondary N) is 1. The lowest BCUT2D eigenvalue weighted by Crippen LogP contribution is -2.07. The van der Waals surface area contributed by atoms with Gasteiger partial charge in [0.1, 0.15) is 11.5 Å². The van der Waals surface area contributed by atoms with Gasteiger partial charge < -0.3 is 15.6 Å². The van der Waals surface area contributed by atoms with Crippen molar-refractivity contribution >= 4 is 29.3 Å². The fourth-order valence-electron chi connectivity index (χ4n) is 2.10. The molecule has 0 fully saturated rings. The van der Waals surface area contributed by atoms with E-state index >= 15 is 0 Å². The third-order valence-corrected chi connectivity index (χ3v) is 3.13. The molecule has 0 aliphatic heterocycles. The van der Waals surface area contributed by atoms with E-state index in [0.717, 1.165) is 11.6 Å². The molecule has 0 bridgehead atoms. The number of nitrogens with two attached hydrogens (primary N) is 1. The summed E-state index contributed by atoms with van der Waals surface area (Å²) in [5.74, 6) is 0.459. The highest BCUT2D eigenvalue weighted by atomic mass is 16.3. The number of allylic oxidation sites excluding steroid dienone is 7. The fraction of sp³-hybridized carbons (Fsp3) is 0.100. The monoisotopic (exact) mass is 322 g/mol. The van der Waals surface area contributed by atoms with Crippen molar-refractivity contribution in [3.05, 3.63) is 78.3 Å². The third-order valence-electron chi connectivity index (χ3n) is 3.13. The van der Waals surface area contributed by atoms with Crippen LogP contribution >= 0.6 is 0 Å². The Morgan fingerprint density at radius 1 is 1.21 bits per heavy atom. The van der Waals surface area contributed by atoms with E-state index in [-0.39, 0.29) is 5.71 Å². The second kappa shape index (κ2) is 9.10. The largest absolute Gasteiger partial charge is 0.455 e. The highest BCUT2D eigenvalue weighted by Gasteiger charge is 2.21. The van der Waals surface area contributed by atoms with Crippen molar-refractivity contribution in [2.24, 2.45) is 5.73 Å². The van der Waals surface area contributed by atoms with Crippen LogP contribution in [0, 0.1) is 5.41 Å². The van der Waals surface area contributed by atoms with Crippen molar-refractivity contribution in [3.63, 3.8) is 0 Å². The molecule has 0 spiro atoms. The number of primary amides is 1. The van der Waals surface area contributed by atoms with Crippen molar-refractivity contribution in [3.8, 4) is 0 Å². The summed E-state index contributed by atoms with van der Waals surface area (Å²) in [5.41, 5.74) is 7.15. The molecule has 0 aliphatic rings. The Hall–Kier alpha value is -3.14. The van der Waals surface area contributed by atoms with Crippen LogP contribution in [0.15, 0.2) is 60.1 Å². The zero-order valence-corrected chi connectivity index (χ0v) is 14.0. The normalized spacial score (nSPS) is 12.3. The molecular weight excluding hydrogens is 300 g/mol. The van der Waals surface area contributed by atoms with Crippen LogP contribution in [-0.2, 0) is 4.79 Å². The standard InChI is InChI=1S/C20H22N2O2/c1-5-9-11-14(7-3)20-19(16(21)12-13-18(22)23)15(8-4)17(24-20)10-6-2/h5-13,21H,3-4H2,1-2H3,(H2,22,23)/b9-5-,10-6-,13-12-,14-11+,21-16?. The first-order valence-electron chi connectivity index (χ1n) is 7.44. The van der Waals surface area contributed by atoms with Gasteiger partial charge in [0.25, 0.3) is 0 Å². The van der Waals surface area contributed by atoms with Gasteiger partial charge in [0.05, 0.1) is 11.3 Å². The van der Waals surface area contributed by atoms with Gasteiger partial charge in [-0.2, -0.15) is 0 Å². The lowest BCUT2D eigenvalue weighted by Gasteiger charge is -2.03. The SMILES string of the molecule is C=C/C(=C\C=C/C)c1oc(/C=C\C)c(C=C)c1C(=N)/C=C\C(N)=O. The van der Waals surface area contributed by atoms with Crippen LogP contribution in [0.4, 0.5) is 0 Å². The number of carbonyl (C=O) groups excluding carboxylic acids is 1. The van der Waals surface area contributed by atoms with E-state index < -0.39 is 5.91 Å². The molecule has 4 nitrogen and oxygen atoms in total. The zero-order chi connectivity index (χ0) is 18.1. The minimum Gasteiger partial charge on any atom is -0.455 e. The molecule has 1 heterocycles. The number of carbonyl (C=O) groups is 1. The maximum Gasteiger partial charge on any atom is 0.241 e. The Kier molecular flexibility index (Phi) is 7.17. The average Bonchev–Trinajstić information content (AvgIpc) is 2.92. The third kappa shape index (κ3) is 4.43. The van der Waals surface area contributed by atoms with E-state index in [0.29, 0.717) is 22.6 Å². The van der Waals surface area contributed by atoms with Crippen molar-refractivity contribution in [2.45, 2.75) is 13.8 Å². The zero-order valence-electron chi connectivity index (χ0n) is 14.0. The summed E-state index contributed by atoms with van der Waals surface area (Å²) in [6, 6.07) is 0. The first-order chi connectivity index (χ1) is 11.5. The van der Waals surface area contributed by atoms with Crippen LogP contribution in [0.5, 0.6) is 0 Å². The van der Waals surface area contributed by atoms with Gasteiger partial charge in [-0.25, -0.2) is 0 Å². The topological polar surface area (TPSA) is 80.1 Å². The summed E-state index contributed by atoms with van der Waals surface area (Å²) in [5, 5.41) is 8.29. The van der Waals surface area contributed by atoms with E-state index in [4.69, 9.17) is 15.6 Å². The predicted octanol–water partition coefficient (Wildman–Crippen LogP) is 4.51. The van der Waals surface area contributed by atoms with E-state index in [1.165, 1.54) is 6.08 Å². The van der Waals surface area contributed by atoms with Gasteiger partial charge in [0.2, 0.25) is 5.91 Å². The fourth-order valence-corrected chi connectivity index (χ4v) is 2.10. The summed E-state index contributed by atoms with van der Waals surface area (Å²) in [4.78, 5) is 11.0. The Bertz CT molecular complexity index is 772. The van der Waals surface area contributed by atoms with E-state index in [1.807, 2.05) is 38.2 Å². The maximum atomic E-state index is 11.0. The van der Waals surface area contributed by atoms with E-state index in [1.54, 1.807) is 18.2 Å². The van der Waals surface area contributed by atoms with Gasteiger partial charge in [-0.1, -0.05) is 49.6 Å². The van der Waals surface area contributed by atoms with Crippen molar-refractivity contribution in [1.29, 1.82) is 5.41 Å². The second-order valence-corrected chi connectivity index (χ2v) is 4.79. The molecule has 0 saturated carbocycles. The molecule has 124 valence electrons. The number of furan rings is 1. The van der Waals surface area contributed by atoms with E-state index in [2.05, 4.69) is 13.2 Å². The smallest absolute Gasteiger partial charge is 0.241 e. The maximum absolute atomic E-state index is 11.0. The average molecular weight is 322 g/mol. The Morgan fingerprint density at radius 2 is 1.92 bits per heavy atom. The lowest BCUT2D eigenvalue weighted by molar-refractivity contribution is -0.113. The Labute approximate surface area is 142 Å². The molecule has 0 aliphatic carbocycles. The molecule has 1 rings (SSSR count). The molecule has 3 N–H and O–H groups in total. The predicted molar refractivity (Wildman–Crippen MR) is 102 cm³/mol. The molecule has 1 aromatic heterocycles. The summed E-state index contributed by atoms with van der Waals surface area (Å²) < 4.78 is 5.93. The summed E-state index contributed by atoms with van der Waals surface area (Å²) in [6.07, 6.45) is 15.0. The Balaban J connectivity index is 3.68. The summed E-state index contributed by atoms with van der Waals surface area (Å²) in [7, 11) is 0. The van der Waals surface area contributed by atoms with Crippen LogP contribution in [0.3, 0.4) is 0 Å². The first kappa shape index (κ1) is 18.9. The molecule has 0 radical (unpaired) electrons. The first-order valence-corrected chi connectivity index (χ1v) is 7.44. The number of amides is 1. The molecular formula is C20H22N2O2. The highest BCUT2D eigenvalue weighted by molar-refractivity contribution is 6.14. The van der Waals surface area contributed by atoms with Gasteiger partial charge in [0.15, 0.2) is 0 Å². The highest BCUT2D eigenvalue weighted by Crippen LogP contribution is 2.31. The summed E-state index contributed by atoms with van der Waals surface area (Å²) >= 11 is 0. The van der Waals surface area contributed by atoms with Crippen LogP contribution < -0.4 is 5.73 Å². The van der Waals surface area contributed by atoms with Crippen LogP contribution in [0.2, 0.25) is 0 Å². The van der Waals surface area contributed by atoms with Gasteiger partial charge in [-0.15, -0.1) is 0 Å². The van der Waals surface area contributed by atoms with Crippen molar-refractivity contribution in [2.75, 3.05) is 0 Å². The van der Waals surface area contributed by atoms with E-state index in [9.17, 15) is 4.79 Å². The van der Waals surface area contributed by atoms with Gasteiger partial charge in [-0.05, 0) is 26.0 Å². The van der Waals surface area contributed by atoms with Crippen molar-refractivity contribution in [1.82, 2.24) is 0 Å². The molecule has 0 saturated heterocycles. The minimum absolute atomic E-state index is 0.103. The molecule has 0 aromatic carbocycles. The molecule has 1 aromatic rings. The quantitative estimate of drug-likeness (QED) is 0.419. The van der Waals surface area contributed by atoms with Crippen LogP contribution in [0.1, 0.15) is 36.5 Å². The van der Waals surface area contributed by atoms with Crippen molar-refractivity contribution < 1.29 is 9.21 Å². The summed E-state index contributed by atoms with van der Waals surface area (Å²) in [6.45, 7) is 11.4. The van der Waals surface area contributed by atoms with Gasteiger partial charge in [0, 0.05) is 17.2 Å². The number of rotatable bonds is 8. The number of hydrogen-bond acceptors (Lipinski definition) is 3. The lowest BCUT2D eigenvalue weighted by atomic mass is 9.98. The second-order valence-electron chi connectivity index (χ2n) is 4.79. The van der Waals surface area contributed by atoms with Gasteiger partial charge >= 0.3 is 0 Å². The van der Waals surface area contributed by atoms with Crippen LogP contribution in [0.25, 0.3) is 17.7 Å². The molecule has 1 amide bonds. The number of hydrogen-bond donors (Lipinski definition) is 2. The minimum atomic E-state index is -0.618. The molecule has 24 heavy (non-hydrogen) atoms. The van der Waals surface area contributed by atoms with Crippen LogP contribution in [-0.4, -0.2) is 11.6 Å². The van der Waals surface area contributed by atoms with Gasteiger partial charge in [-0.3, -0.25) is 4.79 Å². The Morgan fingerprint density at radius 3 is 2.42 bits per heavy atom.